The van der Waals surface area contributed by atoms with Crippen LogP contribution in [-0.4, -0.2) is 16.8 Å². The van der Waals surface area contributed by atoms with Crippen LogP contribution in [-0.2, 0) is 12.3 Å². The van der Waals surface area contributed by atoms with Crippen molar-refractivity contribution in [3.05, 3.63) is 47.8 Å². The third-order valence-corrected chi connectivity index (χ3v) is 4.27. The molecule has 0 aliphatic rings. The van der Waals surface area contributed by atoms with Gasteiger partial charge in [0.15, 0.2) is 0 Å². The molecule has 2 rings (SSSR count). The van der Waals surface area contributed by atoms with Gasteiger partial charge in [0.05, 0.1) is 6.20 Å². The predicted octanol–water partition coefficient (Wildman–Crippen LogP) is 3.48. The first-order valence-electron chi connectivity index (χ1n) is 6.64. The van der Waals surface area contributed by atoms with Crippen molar-refractivity contribution in [1.82, 2.24) is 15.1 Å². The molecule has 1 aromatic carbocycles. The number of rotatable bonds is 6. The van der Waals surface area contributed by atoms with Crippen molar-refractivity contribution < 1.29 is 0 Å². The summed E-state index contributed by atoms with van der Waals surface area (Å²) >= 11 is 1.86. The molecule has 3 nitrogen and oxygen atoms in total. The standard InChI is InChI=1S/C15H21N3S/c1-4-18-10-13(9-17-18)11-19-15-7-5-6-14(8-15)12(2)16-3/h5-10,12,16H,4,11H2,1-3H3. The number of nitrogens with one attached hydrogen (secondary N) is 1. The lowest BCUT2D eigenvalue weighted by molar-refractivity contribution is 0.651. The van der Waals surface area contributed by atoms with Crippen molar-refractivity contribution >= 4 is 11.8 Å². The van der Waals surface area contributed by atoms with Crippen LogP contribution in [0.3, 0.4) is 0 Å². The molecule has 1 aromatic heterocycles. The molecule has 0 saturated heterocycles. The summed E-state index contributed by atoms with van der Waals surface area (Å²) in [5.41, 5.74) is 2.61. The molecule has 0 aliphatic carbocycles. The Morgan fingerprint density at radius 1 is 1.42 bits per heavy atom. The average molecular weight is 275 g/mol. The van der Waals surface area contributed by atoms with E-state index < -0.39 is 0 Å². The van der Waals surface area contributed by atoms with Crippen LogP contribution >= 0.6 is 11.8 Å². The number of aromatic nitrogens is 2. The number of nitrogens with zero attached hydrogens (tertiary/aromatic N) is 2. The fourth-order valence-corrected chi connectivity index (χ4v) is 2.74. The van der Waals surface area contributed by atoms with Gasteiger partial charge in [-0.1, -0.05) is 12.1 Å². The van der Waals surface area contributed by atoms with Crippen LogP contribution in [0.5, 0.6) is 0 Å². The van der Waals surface area contributed by atoms with Gasteiger partial charge in [-0.25, -0.2) is 0 Å². The molecule has 1 atom stereocenters. The Labute approximate surface area is 119 Å². The highest BCUT2D eigenvalue weighted by atomic mass is 32.2. The number of hydrogen-bond acceptors (Lipinski definition) is 3. The van der Waals surface area contributed by atoms with Gasteiger partial charge in [0, 0.05) is 35.0 Å². The van der Waals surface area contributed by atoms with Crippen LogP contribution in [0.15, 0.2) is 41.6 Å². The van der Waals surface area contributed by atoms with Crippen molar-refractivity contribution in [3.8, 4) is 0 Å². The normalized spacial score (nSPS) is 12.6. The fourth-order valence-electron chi connectivity index (χ4n) is 1.86. The molecule has 0 spiro atoms. The molecule has 0 aliphatic heterocycles. The maximum absolute atomic E-state index is 4.30. The van der Waals surface area contributed by atoms with Gasteiger partial charge in [-0.2, -0.15) is 5.10 Å². The van der Waals surface area contributed by atoms with Crippen LogP contribution < -0.4 is 5.32 Å². The monoisotopic (exact) mass is 275 g/mol. The Hall–Kier alpha value is -1.26. The van der Waals surface area contributed by atoms with Gasteiger partial charge in [0.25, 0.3) is 0 Å². The van der Waals surface area contributed by atoms with E-state index in [0.29, 0.717) is 6.04 Å². The van der Waals surface area contributed by atoms with Gasteiger partial charge in [0.1, 0.15) is 0 Å². The minimum absolute atomic E-state index is 0.392. The molecule has 0 amide bonds. The van der Waals surface area contributed by atoms with Gasteiger partial charge in [-0.05, 0) is 38.6 Å². The molecule has 2 aromatic rings. The summed E-state index contributed by atoms with van der Waals surface area (Å²) in [6.45, 7) is 5.21. The predicted molar refractivity (Wildman–Crippen MR) is 81.4 cm³/mol. The summed E-state index contributed by atoms with van der Waals surface area (Å²) in [5, 5.41) is 7.57. The summed E-state index contributed by atoms with van der Waals surface area (Å²) in [7, 11) is 1.99. The Bertz CT molecular complexity index is 522. The quantitative estimate of drug-likeness (QED) is 0.819. The molecule has 1 N–H and O–H groups in total. The van der Waals surface area contributed by atoms with E-state index >= 15 is 0 Å². The number of aryl methyl sites for hydroxylation is 1. The molecule has 0 bridgehead atoms. The molecular weight excluding hydrogens is 254 g/mol. The number of hydrogen-bond donors (Lipinski definition) is 1. The molecule has 1 unspecified atom stereocenters. The lowest BCUT2D eigenvalue weighted by Crippen LogP contribution is -2.11. The van der Waals surface area contributed by atoms with Crippen molar-refractivity contribution in [3.63, 3.8) is 0 Å². The van der Waals surface area contributed by atoms with E-state index in [0.717, 1.165) is 12.3 Å². The Morgan fingerprint density at radius 2 is 2.26 bits per heavy atom. The first-order chi connectivity index (χ1) is 9.22. The second-order valence-corrected chi connectivity index (χ2v) is 5.62. The zero-order valence-electron chi connectivity index (χ0n) is 11.8. The van der Waals surface area contributed by atoms with E-state index in [2.05, 4.69) is 54.7 Å². The lowest BCUT2D eigenvalue weighted by atomic mass is 10.1. The highest BCUT2D eigenvalue weighted by molar-refractivity contribution is 7.98. The molecule has 102 valence electrons. The summed E-state index contributed by atoms with van der Waals surface area (Å²) < 4.78 is 1.97. The van der Waals surface area contributed by atoms with Crippen molar-refractivity contribution in [2.24, 2.45) is 0 Å². The Morgan fingerprint density at radius 3 is 2.95 bits per heavy atom. The van der Waals surface area contributed by atoms with E-state index in [9.17, 15) is 0 Å². The largest absolute Gasteiger partial charge is 0.313 e. The minimum Gasteiger partial charge on any atom is -0.313 e. The van der Waals surface area contributed by atoms with Gasteiger partial charge >= 0.3 is 0 Å². The summed E-state index contributed by atoms with van der Waals surface area (Å²) in [6, 6.07) is 9.11. The molecule has 0 fully saturated rings. The zero-order chi connectivity index (χ0) is 13.7. The van der Waals surface area contributed by atoms with Gasteiger partial charge in [0.2, 0.25) is 0 Å². The number of thioether (sulfide) groups is 1. The first-order valence-corrected chi connectivity index (χ1v) is 7.63. The van der Waals surface area contributed by atoms with Crippen molar-refractivity contribution in [1.29, 1.82) is 0 Å². The molecule has 4 heteroatoms. The van der Waals surface area contributed by atoms with Crippen LogP contribution in [0, 0.1) is 0 Å². The van der Waals surface area contributed by atoms with E-state index in [-0.39, 0.29) is 0 Å². The summed E-state index contributed by atoms with van der Waals surface area (Å²) in [4.78, 5) is 1.31. The van der Waals surface area contributed by atoms with Crippen molar-refractivity contribution in [2.75, 3.05) is 7.05 Å². The topological polar surface area (TPSA) is 29.9 Å². The first kappa shape index (κ1) is 14.2. The van der Waals surface area contributed by atoms with Crippen LogP contribution in [0.2, 0.25) is 0 Å². The average Bonchev–Trinajstić information content (AvgIpc) is 2.92. The van der Waals surface area contributed by atoms with E-state index in [1.165, 1.54) is 16.0 Å². The van der Waals surface area contributed by atoms with Crippen LogP contribution in [0.1, 0.15) is 31.0 Å². The van der Waals surface area contributed by atoms with Gasteiger partial charge in [-0.15, -0.1) is 11.8 Å². The lowest BCUT2D eigenvalue weighted by Gasteiger charge is -2.11. The summed E-state index contributed by atoms with van der Waals surface area (Å²) in [5.74, 6) is 0.970. The molecule has 0 radical (unpaired) electrons. The third-order valence-electron chi connectivity index (χ3n) is 3.21. The molecule has 19 heavy (non-hydrogen) atoms. The van der Waals surface area contributed by atoms with Crippen LogP contribution in [0.25, 0.3) is 0 Å². The second kappa shape index (κ2) is 6.78. The van der Waals surface area contributed by atoms with E-state index in [1.807, 2.05) is 29.7 Å². The Balaban J connectivity index is 1.99. The zero-order valence-corrected chi connectivity index (χ0v) is 12.6. The highest BCUT2D eigenvalue weighted by Gasteiger charge is 2.04. The van der Waals surface area contributed by atoms with E-state index in [4.69, 9.17) is 0 Å². The SMILES string of the molecule is CCn1cc(CSc2cccc(C(C)NC)c2)cn1. The smallest absolute Gasteiger partial charge is 0.0530 e. The molecule has 0 saturated carbocycles. The highest BCUT2D eigenvalue weighted by Crippen LogP contribution is 2.25. The van der Waals surface area contributed by atoms with Gasteiger partial charge in [-0.3, -0.25) is 4.68 Å². The molecular formula is C15H21N3S. The third kappa shape index (κ3) is 3.85. The van der Waals surface area contributed by atoms with E-state index in [1.54, 1.807) is 0 Å². The van der Waals surface area contributed by atoms with Gasteiger partial charge < -0.3 is 5.32 Å². The summed E-state index contributed by atoms with van der Waals surface area (Å²) in [6.07, 6.45) is 4.07. The molecule has 1 heterocycles. The number of benzene rings is 1. The fraction of sp³-hybridized carbons (Fsp3) is 0.400. The minimum atomic E-state index is 0.392. The van der Waals surface area contributed by atoms with Crippen LogP contribution in [0.4, 0.5) is 0 Å². The van der Waals surface area contributed by atoms with Crippen molar-refractivity contribution in [2.45, 2.75) is 37.1 Å². The Kier molecular flexibility index (Phi) is 5.05. The second-order valence-electron chi connectivity index (χ2n) is 4.58. The maximum Gasteiger partial charge on any atom is 0.0530 e. The maximum atomic E-state index is 4.30.